The van der Waals surface area contributed by atoms with Gasteiger partial charge < -0.3 is 14.7 Å². The van der Waals surface area contributed by atoms with E-state index < -0.39 is 0 Å². The molecule has 0 saturated heterocycles. The second-order valence-electron chi connectivity index (χ2n) is 3.49. The van der Waals surface area contributed by atoms with Crippen molar-refractivity contribution >= 4 is 11.8 Å². The van der Waals surface area contributed by atoms with E-state index in [9.17, 15) is 0 Å². The average Bonchev–Trinajstić information content (AvgIpc) is 2.83. The first-order valence-electron chi connectivity index (χ1n) is 5.34. The van der Waals surface area contributed by atoms with E-state index in [2.05, 4.69) is 5.10 Å². The van der Waals surface area contributed by atoms with E-state index in [4.69, 9.17) is 19.9 Å². The van der Waals surface area contributed by atoms with E-state index in [1.54, 1.807) is 12.3 Å². The van der Waals surface area contributed by atoms with Crippen LogP contribution in [0.3, 0.4) is 0 Å². The smallest absolute Gasteiger partial charge is 0.292 e. The molecular formula is C12H11N3O3S. The lowest BCUT2D eigenvalue weighted by atomic mass is 10.2. The molecule has 0 radical (unpaired) electrons. The number of nitrogens with zero attached hydrogens (tertiary/aromatic N) is 3. The molecule has 0 spiro atoms. The molecule has 98 valence electrons. The lowest BCUT2D eigenvalue weighted by molar-refractivity contribution is 0.141. The molecule has 0 fully saturated rings. The predicted octanol–water partition coefficient (Wildman–Crippen LogP) is 2.28. The highest BCUT2D eigenvalue weighted by molar-refractivity contribution is 7.98. The van der Waals surface area contributed by atoms with Gasteiger partial charge in [-0.15, -0.1) is 21.9 Å². The van der Waals surface area contributed by atoms with Gasteiger partial charge in [-0.3, -0.25) is 0 Å². The third-order valence-electron chi connectivity index (χ3n) is 2.38. The van der Waals surface area contributed by atoms with Crippen LogP contribution in [-0.4, -0.2) is 21.4 Å². The highest BCUT2D eigenvalue weighted by Crippen LogP contribution is 2.29. The van der Waals surface area contributed by atoms with Crippen LogP contribution in [0.15, 0.2) is 35.4 Å². The first-order chi connectivity index (χ1) is 9.24. The molecule has 0 aliphatic heterocycles. The molecular weight excluding hydrogens is 266 g/mol. The first kappa shape index (κ1) is 13.1. The van der Waals surface area contributed by atoms with Gasteiger partial charge >= 0.3 is 0 Å². The van der Waals surface area contributed by atoms with Gasteiger partial charge in [-0.25, -0.2) is 0 Å². The Morgan fingerprint density at radius 2 is 2.32 bits per heavy atom. The van der Waals surface area contributed by atoms with Crippen molar-refractivity contribution in [3.8, 4) is 17.9 Å². The van der Waals surface area contributed by atoms with Crippen molar-refractivity contribution in [3.63, 3.8) is 0 Å². The van der Waals surface area contributed by atoms with E-state index >= 15 is 0 Å². The molecule has 1 N–H and O–H groups in total. The summed E-state index contributed by atoms with van der Waals surface area (Å²) in [5, 5.41) is 21.4. The highest BCUT2D eigenvalue weighted by atomic mass is 32.2. The normalized spacial score (nSPS) is 9.89. The summed E-state index contributed by atoms with van der Waals surface area (Å²) in [4.78, 5) is 1.62. The third-order valence-corrected chi connectivity index (χ3v) is 3.20. The van der Waals surface area contributed by atoms with Crippen LogP contribution in [0.2, 0.25) is 0 Å². The van der Waals surface area contributed by atoms with Crippen LogP contribution >= 0.6 is 11.8 Å². The van der Waals surface area contributed by atoms with Crippen LogP contribution in [0.4, 0.5) is 0 Å². The second kappa shape index (κ2) is 6.02. The van der Waals surface area contributed by atoms with E-state index in [0.29, 0.717) is 16.5 Å². The van der Waals surface area contributed by atoms with Crippen molar-refractivity contribution in [2.75, 3.05) is 6.26 Å². The van der Waals surface area contributed by atoms with Gasteiger partial charge in [0, 0.05) is 16.5 Å². The Hall–Kier alpha value is -2.33. The molecule has 0 unspecified atom stereocenters. The second-order valence-corrected chi connectivity index (χ2v) is 4.34. The quantitative estimate of drug-likeness (QED) is 0.513. The van der Waals surface area contributed by atoms with Crippen LogP contribution in [0, 0.1) is 11.5 Å². The van der Waals surface area contributed by atoms with Gasteiger partial charge in [-0.2, -0.15) is 0 Å². The zero-order valence-corrected chi connectivity index (χ0v) is 10.9. The van der Waals surface area contributed by atoms with E-state index in [0.717, 1.165) is 10.5 Å². The summed E-state index contributed by atoms with van der Waals surface area (Å²) in [6.45, 7) is 0.199. The summed E-state index contributed by atoms with van der Waals surface area (Å²) in [7, 11) is 0. The van der Waals surface area contributed by atoms with Gasteiger partial charge in [0.1, 0.15) is 12.4 Å². The molecule has 1 aromatic heterocycles. The monoisotopic (exact) mass is 277 g/mol. The number of nitriles is 1. The topological polar surface area (TPSA) is 80.3 Å². The molecule has 1 heterocycles. The summed E-state index contributed by atoms with van der Waals surface area (Å²) in [5.41, 5.74) is 0.768. The molecule has 0 amide bonds. The Kier molecular flexibility index (Phi) is 4.15. The van der Waals surface area contributed by atoms with Crippen LogP contribution in [0.25, 0.3) is 0 Å². The number of hydrogen-bond donors (Lipinski definition) is 1. The lowest BCUT2D eigenvalue weighted by Gasteiger charge is -2.10. The summed E-state index contributed by atoms with van der Waals surface area (Å²) in [6.07, 6.45) is 4.95. The molecule has 0 aliphatic carbocycles. The number of aromatic nitrogens is 2. The maximum absolute atomic E-state index is 9.04. The van der Waals surface area contributed by atoms with Crippen molar-refractivity contribution in [1.82, 2.24) is 9.94 Å². The van der Waals surface area contributed by atoms with Gasteiger partial charge in [-0.1, -0.05) is 11.2 Å². The summed E-state index contributed by atoms with van der Waals surface area (Å²) in [6, 6.07) is 6.96. The molecule has 19 heavy (non-hydrogen) atoms. The summed E-state index contributed by atoms with van der Waals surface area (Å²) >= 11 is 1.53. The maximum atomic E-state index is 9.04. The third kappa shape index (κ3) is 3.11. The van der Waals surface area contributed by atoms with Crippen molar-refractivity contribution in [3.05, 3.63) is 36.0 Å². The van der Waals surface area contributed by atoms with Crippen LogP contribution in [0.1, 0.15) is 5.56 Å². The number of ether oxygens (including phenoxy) is 2. The van der Waals surface area contributed by atoms with Gasteiger partial charge in [0.15, 0.2) is 0 Å². The minimum Gasteiger partial charge on any atom is -0.471 e. The van der Waals surface area contributed by atoms with E-state index in [1.807, 2.05) is 18.4 Å². The molecule has 1 aromatic carbocycles. The van der Waals surface area contributed by atoms with Crippen molar-refractivity contribution in [2.45, 2.75) is 11.5 Å². The first-order valence-corrected chi connectivity index (χ1v) is 6.56. The van der Waals surface area contributed by atoms with Gasteiger partial charge in [0.2, 0.25) is 5.88 Å². The summed E-state index contributed by atoms with van der Waals surface area (Å²) < 4.78 is 10.4. The van der Waals surface area contributed by atoms with Gasteiger partial charge in [-0.05, 0) is 18.4 Å². The molecule has 0 bridgehead atoms. The average molecular weight is 277 g/mol. The largest absolute Gasteiger partial charge is 0.471 e. The number of hydrogen-bond acceptors (Lipinski definition) is 6. The summed E-state index contributed by atoms with van der Waals surface area (Å²) in [5.74, 6) is 0.749. The van der Waals surface area contributed by atoms with E-state index in [-0.39, 0.29) is 6.61 Å². The molecule has 7 heteroatoms. The number of thioether (sulfide) groups is 1. The Balaban J connectivity index is 2.20. The zero-order valence-electron chi connectivity index (χ0n) is 10.1. The Bertz CT molecular complexity index is 607. The minimum absolute atomic E-state index is 0.199. The van der Waals surface area contributed by atoms with Gasteiger partial charge in [0.05, 0.1) is 6.20 Å². The SMILES string of the molecule is CSc1cccc(OC#N)c1COc1ccn(O)n1. The van der Waals surface area contributed by atoms with Crippen molar-refractivity contribution in [2.24, 2.45) is 0 Å². The highest BCUT2D eigenvalue weighted by Gasteiger charge is 2.11. The molecule has 2 aromatic rings. The maximum Gasteiger partial charge on any atom is 0.292 e. The Labute approximate surface area is 114 Å². The molecule has 0 atom stereocenters. The van der Waals surface area contributed by atoms with Crippen molar-refractivity contribution < 1.29 is 14.7 Å². The predicted molar refractivity (Wildman–Crippen MR) is 68.2 cm³/mol. The fourth-order valence-electron chi connectivity index (χ4n) is 1.54. The standard InChI is InChI=1S/C12H11N3O3S/c1-19-11-4-2-3-10(18-8-13)9(11)7-17-12-5-6-15(16)14-12/h2-6,16H,7H2,1H3. The molecule has 0 saturated carbocycles. The number of benzene rings is 1. The van der Waals surface area contributed by atoms with Crippen molar-refractivity contribution in [1.29, 1.82) is 5.26 Å². The fourth-order valence-corrected chi connectivity index (χ4v) is 2.17. The lowest BCUT2D eigenvalue weighted by Crippen LogP contribution is -2.01. The van der Waals surface area contributed by atoms with E-state index in [1.165, 1.54) is 24.0 Å². The minimum atomic E-state index is 0.199. The number of rotatable bonds is 5. The van der Waals surface area contributed by atoms with Gasteiger partial charge in [0.25, 0.3) is 6.26 Å². The Morgan fingerprint density at radius 1 is 1.47 bits per heavy atom. The Morgan fingerprint density at radius 3 is 2.95 bits per heavy atom. The van der Waals surface area contributed by atoms with Crippen LogP contribution < -0.4 is 9.47 Å². The van der Waals surface area contributed by atoms with Crippen LogP contribution in [-0.2, 0) is 6.61 Å². The van der Waals surface area contributed by atoms with Crippen LogP contribution in [0.5, 0.6) is 11.6 Å². The fraction of sp³-hybridized carbons (Fsp3) is 0.167. The zero-order chi connectivity index (χ0) is 13.7. The molecule has 0 aliphatic rings. The molecule has 6 nitrogen and oxygen atoms in total. The molecule has 2 rings (SSSR count).